The Labute approximate surface area is 180 Å². The van der Waals surface area contributed by atoms with Gasteiger partial charge < -0.3 is 15.5 Å². The SMILES string of the molecule is CC(C)(O)c1cc2nc(C3CCC(CO)CC3)sc2cc1NC(=O)c1ccccn1. The van der Waals surface area contributed by atoms with Crippen LogP contribution in [-0.2, 0) is 5.60 Å². The molecule has 1 aliphatic carbocycles. The molecule has 7 heteroatoms. The number of thiazole rings is 1. The number of benzene rings is 1. The standard InChI is InChI=1S/C23H27N3O3S/c1-23(2,29)16-11-19-20(12-18(16)25-21(28)17-5-3-4-10-24-17)30-22(26-19)15-8-6-14(13-27)7-9-15/h3-5,10-12,14-15,27,29H,6-9,13H2,1-2H3,(H,25,28). The fourth-order valence-corrected chi connectivity index (χ4v) is 5.21. The van der Waals surface area contributed by atoms with Gasteiger partial charge in [-0.25, -0.2) is 4.98 Å². The topological polar surface area (TPSA) is 95.3 Å². The zero-order chi connectivity index (χ0) is 21.3. The first kappa shape index (κ1) is 20.9. The number of nitrogens with zero attached hydrogens (tertiary/aromatic N) is 2. The number of carbonyl (C=O) groups is 1. The van der Waals surface area contributed by atoms with Gasteiger partial charge in [0, 0.05) is 30.0 Å². The Morgan fingerprint density at radius 2 is 2.00 bits per heavy atom. The molecule has 0 saturated heterocycles. The van der Waals surface area contributed by atoms with Gasteiger partial charge in [0.25, 0.3) is 5.91 Å². The second-order valence-electron chi connectivity index (χ2n) is 8.55. The van der Waals surface area contributed by atoms with Crippen LogP contribution in [0.25, 0.3) is 10.2 Å². The van der Waals surface area contributed by atoms with Crippen molar-refractivity contribution >= 4 is 33.1 Å². The van der Waals surface area contributed by atoms with E-state index in [1.165, 1.54) is 0 Å². The van der Waals surface area contributed by atoms with Gasteiger partial charge in [-0.05, 0) is 69.7 Å². The number of amides is 1. The third kappa shape index (κ3) is 4.38. The van der Waals surface area contributed by atoms with Crippen LogP contribution < -0.4 is 5.32 Å². The Hall–Kier alpha value is -2.35. The molecule has 6 nitrogen and oxygen atoms in total. The summed E-state index contributed by atoms with van der Waals surface area (Å²) in [4.78, 5) is 21.6. The van der Waals surface area contributed by atoms with Crippen molar-refractivity contribution in [2.24, 2.45) is 5.92 Å². The van der Waals surface area contributed by atoms with Crippen molar-refractivity contribution in [3.63, 3.8) is 0 Å². The van der Waals surface area contributed by atoms with Crippen LogP contribution in [-0.4, -0.2) is 32.7 Å². The smallest absolute Gasteiger partial charge is 0.274 e. The van der Waals surface area contributed by atoms with Gasteiger partial charge in [-0.3, -0.25) is 9.78 Å². The lowest BCUT2D eigenvalue weighted by Crippen LogP contribution is -2.21. The molecular formula is C23H27N3O3S. The molecule has 1 amide bonds. The molecule has 1 aromatic carbocycles. The first-order valence-electron chi connectivity index (χ1n) is 10.4. The maximum atomic E-state index is 12.7. The van der Waals surface area contributed by atoms with E-state index in [1.54, 1.807) is 49.6 Å². The molecule has 0 spiro atoms. The highest BCUT2D eigenvalue weighted by Crippen LogP contribution is 2.41. The van der Waals surface area contributed by atoms with E-state index in [1.807, 2.05) is 12.1 Å². The number of hydrogen-bond donors (Lipinski definition) is 3. The number of aromatic nitrogens is 2. The van der Waals surface area contributed by atoms with Gasteiger partial charge in [0.1, 0.15) is 5.69 Å². The molecule has 3 N–H and O–H groups in total. The van der Waals surface area contributed by atoms with Gasteiger partial charge in [-0.2, -0.15) is 0 Å². The summed E-state index contributed by atoms with van der Waals surface area (Å²) in [6.45, 7) is 3.67. The van der Waals surface area contributed by atoms with Crippen molar-refractivity contribution in [3.8, 4) is 0 Å². The zero-order valence-electron chi connectivity index (χ0n) is 17.3. The lowest BCUT2D eigenvalue weighted by Gasteiger charge is -2.25. The van der Waals surface area contributed by atoms with E-state index in [2.05, 4.69) is 10.3 Å². The Morgan fingerprint density at radius 1 is 1.23 bits per heavy atom. The summed E-state index contributed by atoms with van der Waals surface area (Å²) in [7, 11) is 0. The van der Waals surface area contributed by atoms with Crippen LogP contribution in [0, 0.1) is 5.92 Å². The third-order valence-corrected chi connectivity index (χ3v) is 6.98. The summed E-state index contributed by atoms with van der Waals surface area (Å²) in [5.74, 6) is 0.501. The van der Waals surface area contributed by atoms with Crippen molar-refractivity contribution < 1.29 is 15.0 Å². The van der Waals surface area contributed by atoms with Crippen molar-refractivity contribution in [2.45, 2.75) is 51.0 Å². The van der Waals surface area contributed by atoms with Gasteiger partial charge in [0.15, 0.2) is 0 Å². The number of rotatable bonds is 5. The normalized spacial score (nSPS) is 19.7. The zero-order valence-corrected chi connectivity index (χ0v) is 18.1. The Kier molecular flexibility index (Phi) is 5.86. The molecule has 0 unspecified atom stereocenters. The number of aliphatic hydroxyl groups is 2. The average Bonchev–Trinajstić information content (AvgIpc) is 3.16. The van der Waals surface area contributed by atoms with Crippen molar-refractivity contribution in [1.29, 1.82) is 0 Å². The average molecular weight is 426 g/mol. The van der Waals surface area contributed by atoms with Crippen LogP contribution >= 0.6 is 11.3 Å². The van der Waals surface area contributed by atoms with Crippen LogP contribution in [0.3, 0.4) is 0 Å². The lowest BCUT2D eigenvalue weighted by molar-refractivity contribution is 0.0794. The highest BCUT2D eigenvalue weighted by atomic mass is 32.1. The Bertz CT molecular complexity index is 1040. The minimum absolute atomic E-state index is 0.265. The molecule has 1 aliphatic rings. The second-order valence-corrected chi connectivity index (χ2v) is 9.61. The number of pyridine rings is 1. The predicted octanol–water partition coefficient (Wildman–Crippen LogP) is 4.44. The van der Waals surface area contributed by atoms with Gasteiger partial charge >= 0.3 is 0 Å². The summed E-state index contributed by atoms with van der Waals surface area (Å²) in [6, 6.07) is 8.97. The molecule has 30 heavy (non-hydrogen) atoms. The molecule has 3 aromatic rings. The number of nitrogens with one attached hydrogen (secondary N) is 1. The molecule has 0 radical (unpaired) electrons. The molecular weight excluding hydrogens is 398 g/mol. The number of fused-ring (bicyclic) bond motifs is 1. The van der Waals surface area contributed by atoms with Crippen LogP contribution in [0.5, 0.6) is 0 Å². The van der Waals surface area contributed by atoms with E-state index in [0.29, 0.717) is 28.8 Å². The van der Waals surface area contributed by atoms with Crippen LogP contribution in [0.15, 0.2) is 36.5 Å². The van der Waals surface area contributed by atoms with E-state index in [0.717, 1.165) is 40.9 Å². The molecule has 158 valence electrons. The van der Waals surface area contributed by atoms with E-state index in [9.17, 15) is 15.0 Å². The molecule has 4 rings (SSSR count). The first-order chi connectivity index (χ1) is 14.3. The van der Waals surface area contributed by atoms with Gasteiger partial charge in [-0.15, -0.1) is 11.3 Å². The number of hydrogen-bond acceptors (Lipinski definition) is 6. The lowest BCUT2D eigenvalue weighted by atomic mass is 9.83. The van der Waals surface area contributed by atoms with Crippen molar-refractivity contribution in [1.82, 2.24) is 9.97 Å². The maximum Gasteiger partial charge on any atom is 0.274 e. The fourth-order valence-electron chi connectivity index (χ4n) is 4.05. The second kappa shape index (κ2) is 8.41. The summed E-state index contributed by atoms with van der Waals surface area (Å²) >= 11 is 1.65. The van der Waals surface area contributed by atoms with Crippen LogP contribution in [0.1, 0.15) is 66.5 Å². The van der Waals surface area contributed by atoms with Crippen molar-refractivity contribution in [3.05, 3.63) is 52.8 Å². The fraction of sp³-hybridized carbons (Fsp3) is 0.435. The monoisotopic (exact) mass is 425 g/mol. The van der Waals surface area contributed by atoms with E-state index in [4.69, 9.17) is 4.98 Å². The highest BCUT2D eigenvalue weighted by Gasteiger charge is 2.27. The predicted molar refractivity (Wildman–Crippen MR) is 119 cm³/mol. The molecule has 0 bridgehead atoms. The molecule has 1 saturated carbocycles. The molecule has 2 heterocycles. The van der Waals surface area contributed by atoms with Gasteiger partial charge in [-0.1, -0.05) is 6.07 Å². The van der Waals surface area contributed by atoms with Crippen molar-refractivity contribution in [2.75, 3.05) is 11.9 Å². The number of carbonyl (C=O) groups excluding carboxylic acids is 1. The van der Waals surface area contributed by atoms with E-state index in [-0.39, 0.29) is 12.5 Å². The molecule has 0 atom stereocenters. The summed E-state index contributed by atoms with van der Waals surface area (Å²) in [5.41, 5.74) is 1.23. The van der Waals surface area contributed by atoms with Crippen LogP contribution in [0.4, 0.5) is 5.69 Å². The Morgan fingerprint density at radius 3 is 2.63 bits per heavy atom. The highest BCUT2D eigenvalue weighted by molar-refractivity contribution is 7.18. The number of aliphatic hydroxyl groups excluding tert-OH is 1. The first-order valence-corrected chi connectivity index (χ1v) is 11.2. The molecule has 2 aromatic heterocycles. The van der Waals surface area contributed by atoms with Gasteiger partial charge in [0.2, 0.25) is 0 Å². The Balaban J connectivity index is 1.66. The van der Waals surface area contributed by atoms with E-state index >= 15 is 0 Å². The van der Waals surface area contributed by atoms with E-state index < -0.39 is 5.60 Å². The largest absolute Gasteiger partial charge is 0.396 e. The number of anilines is 1. The minimum Gasteiger partial charge on any atom is -0.396 e. The maximum absolute atomic E-state index is 12.7. The van der Waals surface area contributed by atoms with Gasteiger partial charge in [0.05, 0.1) is 20.8 Å². The third-order valence-electron chi connectivity index (χ3n) is 5.80. The summed E-state index contributed by atoms with van der Waals surface area (Å²) < 4.78 is 0.985. The minimum atomic E-state index is -1.14. The quantitative estimate of drug-likeness (QED) is 0.562. The molecule has 1 fully saturated rings. The summed E-state index contributed by atoms with van der Waals surface area (Å²) in [6.07, 6.45) is 5.70. The molecule has 0 aliphatic heterocycles. The summed E-state index contributed by atoms with van der Waals surface area (Å²) in [5, 5.41) is 24.1. The van der Waals surface area contributed by atoms with Crippen LogP contribution in [0.2, 0.25) is 0 Å².